The fourth-order valence-corrected chi connectivity index (χ4v) is 7.31. The highest BCUT2D eigenvalue weighted by Gasteiger charge is 2.36. The number of aryl methyl sites for hydroxylation is 2. The molecule has 0 bridgehead atoms. The number of amides is 1. The van der Waals surface area contributed by atoms with Crippen LogP contribution < -0.4 is 0 Å². The fraction of sp³-hybridized carbons (Fsp3) is 0.367. The van der Waals surface area contributed by atoms with E-state index in [0.717, 1.165) is 69.6 Å². The first-order valence-corrected chi connectivity index (χ1v) is 14.8. The van der Waals surface area contributed by atoms with E-state index in [0.29, 0.717) is 12.3 Å². The lowest BCUT2D eigenvalue weighted by Gasteiger charge is -2.37. The molecule has 0 N–H and O–H groups in total. The van der Waals surface area contributed by atoms with Gasteiger partial charge in [0, 0.05) is 39.2 Å². The molecule has 2 heterocycles. The Kier molecular flexibility index (Phi) is 8.56. The van der Waals surface area contributed by atoms with E-state index in [1.54, 1.807) is 0 Å². The second-order valence-corrected chi connectivity index (χ2v) is 12.3. The zero-order valence-corrected chi connectivity index (χ0v) is 25.1. The number of halogens is 3. The number of pyridine rings is 1. The minimum absolute atomic E-state index is 0.140. The maximum atomic E-state index is 13.2. The summed E-state index contributed by atoms with van der Waals surface area (Å²) >= 11 is 13.9. The number of likely N-dealkylation sites (tertiary alicyclic amines) is 1. The van der Waals surface area contributed by atoms with Crippen LogP contribution in [0.3, 0.4) is 0 Å². The van der Waals surface area contributed by atoms with Crippen LogP contribution in [0.25, 0.3) is 0 Å². The molecule has 1 atom stereocenters. The van der Waals surface area contributed by atoms with E-state index in [9.17, 15) is 9.59 Å². The Hall–Kier alpha value is -2.22. The van der Waals surface area contributed by atoms with E-state index in [1.807, 2.05) is 41.4 Å². The lowest BCUT2D eigenvalue weighted by atomic mass is 9.76. The number of ether oxygens (including phenoxy) is 1. The number of hydrogen-bond donors (Lipinski definition) is 0. The molecule has 198 valence electrons. The molecule has 0 saturated carbocycles. The Morgan fingerprint density at radius 3 is 2.34 bits per heavy atom. The molecule has 0 radical (unpaired) electrons. The number of hydrogen-bond acceptors (Lipinski definition) is 4. The number of fused-ring (bicyclic) bond motifs is 2. The number of carbonyl (C=O) groups excluding carboxylic acids is 2. The van der Waals surface area contributed by atoms with Crippen molar-refractivity contribution in [3.63, 3.8) is 0 Å². The topological polar surface area (TPSA) is 59.5 Å². The number of carbonyl (C=O) groups is 2. The Bertz CT molecular complexity index is 1350. The Morgan fingerprint density at radius 2 is 1.66 bits per heavy atom. The summed E-state index contributed by atoms with van der Waals surface area (Å²) in [5.74, 6) is 0.398. The number of esters is 1. The second kappa shape index (κ2) is 11.9. The van der Waals surface area contributed by atoms with Crippen LogP contribution in [-0.2, 0) is 40.0 Å². The lowest BCUT2D eigenvalue weighted by Crippen LogP contribution is -2.40. The summed E-state index contributed by atoms with van der Waals surface area (Å²) in [5, 5.41) is 0.744. The van der Waals surface area contributed by atoms with Crippen molar-refractivity contribution in [1.29, 1.82) is 0 Å². The van der Waals surface area contributed by atoms with Crippen molar-refractivity contribution < 1.29 is 14.3 Å². The Morgan fingerprint density at radius 1 is 1.00 bits per heavy atom. The van der Waals surface area contributed by atoms with Crippen molar-refractivity contribution in [3.05, 3.63) is 96.1 Å². The van der Waals surface area contributed by atoms with E-state index in [4.69, 9.17) is 21.3 Å². The van der Waals surface area contributed by atoms with Gasteiger partial charge in [0.05, 0.1) is 25.6 Å². The third kappa shape index (κ3) is 6.00. The molecule has 2 aromatic carbocycles. The van der Waals surface area contributed by atoms with Crippen LogP contribution in [0.5, 0.6) is 0 Å². The molecule has 3 aromatic rings. The van der Waals surface area contributed by atoms with Crippen molar-refractivity contribution in [3.8, 4) is 0 Å². The van der Waals surface area contributed by atoms with Gasteiger partial charge in [0.1, 0.15) is 0 Å². The van der Waals surface area contributed by atoms with Crippen molar-refractivity contribution in [2.75, 3.05) is 20.2 Å². The molecule has 8 heteroatoms. The van der Waals surface area contributed by atoms with Crippen LogP contribution in [0.4, 0.5) is 0 Å². The quantitative estimate of drug-likeness (QED) is 0.287. The Labute approximate surface area is 245 Å². The molecular formula is C30H29Br2ClN2O3. The SMILES string of the molecule is COC(=O)Cc1ccc(CC(=O)N2CCC([C@H]3c4ncc(Br)cc4CCc4cc(Cl)cc(Br)c43)CC2)cc1. The number of piperidine rings is 1. The smallest absolute Gasteiger partial charge is 0.309 e. The molecule has 5 rings (SSSR count). The summed E-state index contributed by atoms with van der Waals surface area (Å²) in [5.41, 5.74) is 6.82. The molecular weight excluding hydrogens is 632 g/mol. The van der Waals surface area contributed by atoms with Gasteiger partial charge in [-0.2, -0.15) is 0 Å². The summed E-state index contributed by atoms with van der Waals surface area (Å²) in [6.45, 7) is 1.46. The van der Waals surface area contributed by atoms with Crippen molar-refractivity contribution in [2.45, 2.75) is 44.4 Å². The van der Waals surface area contributed by atoms with Gasteiger partial charge < -0.3 is 9.64 Å². The van der Waals surface area contributed by atoms with E-state index in [-0.39, 0.29) is 24.2 Å². The number of aromatic nitrogens is 1. The highest BCUT2D eigenvalue weighted by molar-refractivity contribution is 9.10. The van der Waals surface area contributed by atoms with Crippen molar-refractivity contribution >= 4 is 55.3 Å². The first kappa shape index (κ1) is 27.4. The van der Waals surface area contributed by atoms with Gasteiger partial charge in [0.25, 0.3) is 0 Å². The first-order valence-electron chi connectivity index (χ1n) is 12.9. The van der Waals surface area contributed by atoms with E-state index in [1.165, 1.54) is 23.8 Å². The van der Waals surface area contributed by atoms with Gasteiger partial charge >= 0.3 is 5.97 Å². The molecule has 1 aliphatic heterocycles. The number of methoxy groups -OCH3 is 1. The van der Waals surface area contributed by atoms with Crippen LogP contribution in [-0.4, -0.2) is 42.0 Å². The maximum Gasteiger partial charge on any atom is 0.309 e. The second-order valence-electron chi connectivity index (χ2n) is 10.1. The molecule has 0 spiro atoms. The average molecular weight is 661 g/mol. The zero-order chi connectivity index (χ0) is 26.8. The van der Waals surface area contributed by atoms with Crippen LogP contribution >= 0.6 is 43.5 Å². The van der Waals surface area contributed by atoms with Gasteiger partial charge in [-0.15, -0.1) is 0 Å². The molecule has 1 aliphatic carbocycles. The van der Waals surface area contributed by atoms with Crippen LogP contribution in [0.15, 0.2) is 57.6 Å². The maximum absolute atomic E-state index is 13.2. The molecule has 1 fully saturated rings. The normalized spacial score (nSPS) is 17.4. The number of rotatable bonds is 5. The van der Waals surface area contributed by atoms with Crippen molar-refractivity contribution in [2.24, 2.45) is 5.92 Å². The largest absolute Gasteiger partial charge is 0.469 e. The van der Waals surface area contributed by atoms with E-state index in [2.05, 4.69) is 44.0 Å². The number of benzene rings is 2. The standard InChI is InChI=1S/C30H29Br2ClN2O3/c1-38-27(37)13-19-4-2-18(3-5-19)12-26(36)35-10-8-20(9-11-35)29-28-21(15-24(33)16-25(28)32)6-7-22-14-23(31)17-34-30(22)29/h2-5,14-17,20,29H,6-13H2,1H3/t29-/m1/s1. The molecule has 1 saturated heterocycles. The Balaban J connectivity index is 1.31. The van der Waals surface area contributed by atoms with Gasteiger partial charge in [0.2, 0.25) is 5.91 Å². The molecule has 1 aromatic heterocycles. The summed E-state index contributed by atoms with van der Waals surface area (Å²) in [6, 6.07) is 13.9. The zero-order valence-electron chi connectivity index (χ0n) is 21.2. The van der Waals surface area contributed by atoms with Gasteiger partial charge in [0.15, 0.2) is 0 Å². The number of nitrogens with zero attached hydrogens (tertiary/aromatic N) is 2. The molecule has 5 nitrogen and oxygen atoms in total. The van der Waals surface area contributed by atoms with Crippen LogP contribution in [0.2, 0.25) is 5.02 Å². The van der Waals surface area contributed by atoms with Gasteiger partial charge in [-0.25, -0.2) is 0 Å². The molecule has 1 amide bonds. The minimum Gasteiger partial charge on any atom is -0.469 e. The van der Waals surface area contributed by atoms with Crippen LogP contribution in [0.1, 0.15) is 52.3 Å². The summed E-state index contributed by atoms with van der Waals surface area (Å²) < 4.78 is 6.76. The predicted octanol–water partition coefficient (Wildman–Crippen LogP) is 6.69. The van der Waals surface area contributed by atoms with Gasteiger partial charge in [-0.1, -0.05) is 51.8 Å². The lowest BCUT2D eigenvalue weighted by molar-refractivity contribution is -0.139. The third-order valence-electron chi connectivity index (χ3n) is 7.74. The van der Waals surface area contributed by atoms with Crippen LogP contribution in [0, 0.1) is 5.92 Å². The van der Waals surface area contributed by atoms with Crippen molar-refractivity contribution in [1.82, 2.24) is 9.88 Å². The average Bonchev–Trinajstić information content (AvgIpc) is 3.06. The highest BCUT2D eigenvalue weighted by Crippen LogP contribution is 2.46. The molecule has 38 heavy (non-hydrogen) atoms. The predicted molar refractivity (Wildman–Crippen MR) is 156 cm³/mol. The van der Waals surface area contributed by atoms with Gasteiger partial charge in [-0.05, 0) is 93.5 Å². The van der Waals surface area contributed by atoms with E-state index >= 15 is 0 Å². The monoisotopic (exact) mass is 658 g/mol. The summed E-state index contributed by atoms with van der Waals surface area (Å²) in [7, 11) is 1.38. The summed E-state index contributed by atoms with van der Waals surface area (Å²) in [6.07, 6.45) is 6.17. The van der Waals surface area contributed by atoms with E-state index < -0.39 is 0 Å². The molecule has 0 unspecified atom stereocenters. The highest BCUT2D eigenvalue weighted by atomic mass is 79.9. The first-order chi connectivity index (χ1) is 18.3. The molecule has 2 aliphatic rings. The van der Waals surface area contributed by atoms with Gasteiger partial charge in [-0.3, -0.25) is 14.6 Å². The fourth-order valence-electron chi connectivity index (χ4n) is 5.81. The minimum atomic E-state index is -0.270. The third-order valence-corrected chi connectivity index (χ3v) is 9.04. The summed E-state index contributed by atoms with van der Waals surface area (Å²) in [4.78, 5) is 31.6.